The van der Waals surface area contributed by atoms with Gasteiger partial charge in [-0.15, -0.1) is 0 Å². The Kier molecular flexibility index (Phi) is 3.20. The number of para-hydroxylation sites is 1. The van der Waals surface area contributed by atoms with Gasteiger partial charge in [-0.2, -0.15) is 0 Å². The lowest BCUT2D eigenvalue weighted by Gasteiger charge is -2.11. The Morgan fingerprint density at radius 3 is 2.40 bits per heavy atom. The molecule has 2 N–H and O–H groups in total. The zero-order valence-corrected chi connectivity index (χ0v) is 11.6. The first-order valence-electron chi connectivity index (χ1n) is 6.58. The van der Waals surface area contributed by atoms with Crippen LogP contribution in [-0.2, 0) is 0 Å². The van der Waals surface area contributed by atoms with Crippen LogP contribution in [0.5, 0.6) is 5.75 Å². The topological polar surface area (TPSA) is 48.4 Å². The summed E-state index contributed by atoms with van der Waals surface area (Å²) in [5, 5.41) is 1.12. The van der Waals surface area contributed by atoms with Crippen LogP contribution in [0.3, 0.4) is 0 Å². The third-order valence-corrected chi connectivity index (χ3v) is 3.64. The third kappa shape index (κ3) is 2.06. The van der Waals surface area contributed by atoms with E-state index < -0.39 is 0 Å². The molecule has 3 rings (SSSR count). The minimum atomic E-state index is -0.270. The predicted octanol–water partition coefficient (Wildman–Crippen LogP) is 3.80. The molecule has 3 nitrogen and oxygen atoms in total. The van der Waals surface area contributed by atoms with Crippen molar-refractivity contribution in [1.82, 2.24) is 0 Å². The average molecular weight is 267 g/mol. The Bertz CT molecular complexity index is 728. The molecule has 1 atom stereocenters. The van der Waals surface area contributed by atoms with Gasteiger partial charge in [0.15, 0.2) is 0 Å². The first-order chi connectivity index (χ1) is 9.70. The number of benzene rings is 2. The van der Waals surface area contributed by atoms with Crippen LogP contribution >= 0.6 is 0 Å². The first kappa shape index (κ1) is 12.8. The molecule has 1 aromatic heterocycles. The molecule has 0 radical (unpaired) electrons. The number of rotatable bonds is 3. The van der Waals surface area contributed by atoms with Gasteiger partial charge in [-0.1, -0.05) is 30.3 Å². The molecule has 0 aliphatic heterocycles. The summed E-state index contributed by atoms with van der Waals surface area (Å²) in [6.07, 6.45) is 0. The Labute approximate surface area is 118 Å². The highest BCUT2D eigenvalue weighted by Gasteiger charge is 2.18. The number of hydrogen-bond donors (Lipinski definition) is 1. The zero-order valence-electron chi connectivity index (χ0n) is 11.6. The summed E-state index contributed by atoms with van der Waals surface area (Å²) in [4.78, 5) is 0. The molecule has 2 aromatic carbocycles. The molecular formula is C17H17NO2. The van der Waals surface area contributed by atoms with E-state index in [0.29, 0.717) is 0 Å². The minimum absolute atomic E-state index is 0.270. The first-order valence-corrected chi connectivity index (χ1v) is 6.58. The Morgan fingerprint density at radius 2 is 1.75 bits per heavy atom. The monoisotopic (exact) mass is 267 g/mol. The SMILES string of the molecule is COc1ccc(C(N)c2oc3ccccc3c2C)cc1. The highest BCUT2D eigenvalue weighted by Crippen LogP contribution is 2.31. The van der Waals surface area contributed by atoms with Crippen LogP contribution in [-0.4, -0.2) is 7.11 Å². The van der Waals surface area contributed by atoms with Crippen molar-refractivity contribution in [3.8, 4) is 5.75 Å². The number of ether oxygens (including phenoxy) is 1. The Morgan fingerprint density at radius 1 is 1.05 bits per heavy atom. The number of fused-ring (bicyclic) bond motifs is 1. The molecule has 0 fully saturated rings. The van der Waals surface area contributed by atoms with Crippen LogP contribution < -0.4 is 10.5 Å². The van der Waals surface area contributed by atoms with E-state index in [1.165, 1.54) is 0 Å². The summed E-state index contributed by atoms with van der Waals surface area (Å²) in [5.74, 6) is 1.64. The molecule has 0 aliphatic rings. The molecule has 1 unspecified atom stereocenters. The van der Waals surface area contributed by atoms with E-state index in [1.54, 1.807) is 7.11 Å². The maximum Gasteiger partial charge on any atom is 0.134 e. The molecule has 0 amide bonds. The molecule has 1 heterocycles. The summed E-state index contributed by atoms with van der Waals surface area (Å²) < 4.78 is 11.1. The molecule has 3 heteroatoms. The van der Waals surface area contributed by atoms with Gasteiger partial charge >= 0.3 is 0 Å². The fourth-order valence-corrected chi connectivity index (χ4v) is 2.45. The normalized spacial score (nSPS) is 12.6. The van der Waals surface area contributed by atoms with Gasteiger partial charge in [0, 0.05) is 10.9 Å². The minimum Gasteiger partial charge on any atom is -0.497 e. The van der Waals surface area contributed by atoms with Crippen LogP contribution in [0.2, 0.25) is 0 Å². The van der Waals surface area contributed by atoms with E-state index in [0.717, 1.165) is 33.6 Å². The van der Waals surface area contributed by atoms with Gasteiger partial charge in [0.1, 0.15) is 17.1 Å². The van der Waals surface area contributed by atoms with Crippen LogP contribution in [0.1, 0.15) is 22.9 Å². The largest absolute Gasteiger partial charge is 0.497 e. The predicted molar refractivity (Wildman–Crippen MR) is 80.0 cm³/mol. The lowest BCUT2D eigenvalue weighted by molar-refractivity contribution is 0.414. The van der Waals surface area contributed by atoms with Gasteiger partial charge in [-0.3, -0.25) is 0 Å². The van der Waals surface area contributed by atoms with Crippen molar-refractivity contribution in [2.24, 2.45) is 5.73 Å². The van der Waals surface area contributed by atoms with Crippen molar-refractivity contribution in [3.05, 3.63) is 65.4 Å². The summed E-state index contributed by atoms with van der Waals surface area (Å²) in [6.45, 7) is 2.05. The molecule has 0 saturated heterocycles. The highest BCUT2D eigenvalue weighted by atomic mass is 16.5. The van der Waals surface area contributed by atoms with E-state index in [1.807, 2.05) is 49.4 Å². The average Bonchev–Trinajstić information content (AvgIpc) is 2.84. The number of nitrogens with two attached hydrogens (primary N) is 1. The summed E-state index contributed by atoms with van der Waals surface area (Å²) >= 11 is 0. The second kappa shape index (κ2) is 5.02. The summed E-state index contributed by atoms with van der Waals surface area (Å²) in [6, 6.07) is 15.5. The van der Waals surface area contributed by atoms with Gasteiger partial charge in [0.05, 0.1) is 13.2 Å². The third-order valence-electron chi connectivity index (χ3n) is 3.64. The molecule has 0 aliphatic carbocycles. The fraction of sp³-hybridized carbons (Fsp3) is 0.176. The van der Waals surface area contributed by atoms with Crippen molar-refractivity contribution >= 4 is 11.0 Å². The van der Waals surface area contributed by atoms with Crippen LogP contribution in [0.4, 0.5) is 0 Å². The molecule has 0 saturated carbocycles. The van der Waals surface area contributed by atoms with E-state index in [2.05, 4.69) is 6.07 Å². The second-order valence-electron chi connectivity index (χ2n) is 4.84. The van der Waals surface area contributed by atoms with Gasteiger partial charge in [0.2, 0.25) is 0 Å². The van der Waals surface area contributed by atoms with Crippen LogP contribution in [0, 0.1) is 6.92 Å². The zero-order chi connectivity index (χ0) is 14.1. The van der Waals surface area contributed by atoms with E-state index in [-0.39, 0.29) is 6.04 Å². The van der Waals surface area contributed by atoms with Gasteiger partial charge < -0.3 is 14.9 Å². The Hall–Kier alpha value is -2.26. The molecule has 0 spiro atoms. The molecular weight excluding hydrogens is 250 g/mol. The van der Waals surface area contributed by atoms with Crippen molar-refractivity contribution in [1.29, 1.82) is 0 Å². The van der Waals surface area contributed by atoms with E-state index >= 15 is 0 Å². The second-order valence-corrected chi connectivity index (χ2v) is 4.84. The van der Waals surface area contributed by atoms with Crippen LogP contribution in [0.15, 0.2) is 52.9 Å². The number of hydrogen-bond acceptors (Lipinski definition) is 3. The van der Waals surface area contributed by atoms with Crippen molar-refractivity contribution in [3.63, 3.8) is 0 Å². The maximum absolute atomic E-state index is 6.34. The van der Waals surface area contributed by atoms with Crippen molar-refractivity contribution < 1.29 is 9.15 Å². The standard InChI is InChI=1S/C17H17NO2/c1-11-14-5-3-4-6-15(14)20-17(11)16(18)12-7-9-13(19-2)10-8-12/h3-10,16H,18H2,1-2H3. The summed E-state index contributed by atoms with van der Waals surface area (Å²) in [5.41, 5.74) is 9.32. The van der Waals surface area contributed by atoms with Gasteiger partial charge in [-0.05, 0) is 30.7 Å². The number of aryl methyl sites for hydroxylation is 1. The Balaban J connectivity index is 2.02. The van der Waals surface area contributed by atoms with Crippen LogP contribution in [0.25, 0.3) is 11.0 Å². The smallest absolute Gasteiger partial charge is 0.134 e. The molecule has 20 heavy (non-hydrogen) atoms. The van der Waals surface area contributed by atoms with Crippen molar-refractivity contribution in [2.75, 3.05) is 7.11 Å². The highest BCUT2D eigenvalue weighted by molar-refractivity contribution is 5.82. The fourth-order valence-electron chi connectivity index (χ4n) is 2.45. The van der Waals surface area contributed by atoms with Gasteiger partial charge in [0.25, 0.3) is 0 Å². The molecule has 3 aromatic rings. The summed E-state index contributed by atoms with van der Waals surface area (Å²) in [7, 11) is 1.65. The maximum atomic E-state index is 6.34. The molecule has 0 bridgehead atoms. The van der Waals surface area contributed by atoms with E-state index in [9.17, 15) is 0 Å². The van der Waals surface area contributed by atoms with E-state index in [4.69, 9.17) is 14.9 Å². The number of methoxy groups -OCH3 is 1. The van der Waals surface area contributed by atoms with Crippen molar-refractivity contribution in [2.45, 2.75) is 13.0 Å². The molecule has 102 valence electrons. The van der Waals surface area contributed by atoms with Gasteiger partial charge in [-0.25, -0.2) is 0 Å². The quantitative estimate of drug-likeness (QED) is 0.785. The lowest BCUT2D eigenvalue weighted by atomic mass is 10.0. The lowest BCUT2D eigenvalue weighted by Crippen LogP contribution is -2.11. The number of furan rings is 1.